The van der Waals surface area contributed by atoms with Crippen molar-refractivity contribution < 1.29 is 39.5 Å². The molecule has 0 amide bonds. The topological polar surface area (TPSA) is 83.8 Å². The van der Waals surface area contributed by atoms with E-state index >= 15 is 0 Å². The highest BCUT2D eigenvalue weighted by Crippen LogP contribution is 2.37. The molecule has 0 fully saturated rings. The maximum atomic E-state index is 13.2. The van der Waals surface area contributed by atoms with Gasteiger partial charge in [-0.3, -0.25) is 0 Å². The largest absolute Gasteiger partial charge is 0.417 e. The first-order chi connectivity index (χ1) is 15.4. The molecule has 188 valence electrons. The van der Waals surface area contributed by atoms with Crippen LogP contribution in [-0.4, -0.2) is 28.0 Å². The highest BCUT2D eigenvalue weighted by molar-refractivity contribution is 6.30. The van der Waals surface area contributed by atoms with Crippen LogP contribution < -0.4 is 11.6 Å². The number of pyridine rings is 1. The molecule has 0 atom stereocenters. The highest BCUT2D eigenvalue weighted by Gasteiger charge is 2.37. The first-order valence-corrected chi connectivity index (χ1v) is 9.33. The average molecular weight is 523 g/mol. The van der Waals surface area contributed by atoms with Crippen molar-refractivity contribution >= 4 is 17.6 Å². The van der Waals surface area contributed by atoms with Gasteiger partial charge in [0.15, 0.2) is 0 Å². The fourth-order valence-electron chi connectivity index (χ4n) is 2.74. The van der Waals surface area contributed by atoms with Crippen LogP contribution >= 0.6 is 11.6 Å². The van der Waals surface area contributed by atoms with Crippen molar-refractivity contribution in [2.24, 2.45) is 16.7 Å². The standard InChI is InChI=1S/C18H16ClF9N6/c1-33(30)32-15(29)34(8-10-4-13(18(26,27)28)6-31-14(10)19)7-9-2-11(16(20,21)22)5-12(3-9)17(23,24)25/h2-6H,7-8,30H2,1H3,(H2,29,32). The van der Waals surface area contributed by atoms with Crippen LogP contribution in [0.3, 0.4) is 0 Å². The van der Waals surface area contributed by atoms with Gasteiger partial charge in [0.1, 0.15) is 5.15 Å². The minimum absolute atomic E-state index is 0.0630. The van der Waals surface area contributed by atoms with Crippen molar-refractivity contribution in [3.05, 3.63) is 63.4 Å². The van der Waals surface area contributed by atoms with Crippen molar-refractivity contribution in [1.82, 2.24) is 15.0 Å². The van der Waals surface area contributed by atoms with Crippen LogP contribution in [0.1, 0.15) is 27.8 Å². The van der Waals surface area contributed by atoms with Crippen LogP contribution in [-0.2, 0) is 31.6 Å². The molecule has 2 rings (SSSR count). The van der Waals surface area contributed by atoms with E-state index in [1.54, 1.807) is 0 Å². The Morgan fingerprint density at radius 3 is 1.82 bits per heavy atom. The Bertz CT molecular complexity index is 1020. The van der Waals surface area contributed by atoms with E-state index in [0.717, 1.165) is 4.90 Å². The van der Waals surface area contributed by atoms with Gasteiger partial charge in [0.2, 0.25) is 5.96 Å². The Hall–Kier alpha value is -2.94. The zero-order chi connectivity index (χ0) is 26.1. The number of aromatic nitrogens is 1. The lowest BCUT2D eigenvalue weighted by Gasteiger charge is -2.26. The Morgan fingerprint density at radius 2 is 1.38 bits per heavy atom. The summed E-state index contributed by atoms with van der Waals surface area (Å²) in [5.74, 6) is 4.82. The molecular formula is C18H16ClF9N6. The van der Waals surface area contributed by atoms with Crippen molar-refractivity contribution in [3.8, 4) is 0 Å². The SMILES string of the molecule is CN(N)/N=C(\N)N(Cc1cc(C(F)(F)F)cc(C(F)(F)F)c1)Cc1cc(C(F)(F)F)cnc1Cl. The van der Waals surface area contributed by atoms with Crippen LogP contribution in [0.5, 0.6) is 0 Å². The number of hydrazine groups is 1. The van der Waals surface area contributed by atoms with Gasteiger partial charge in [-0.25, -0.2) is 15.9 Å². The first-order valence-electron chi connectivity index (χ1n) is 8.95. The molecule has 2 aromatic rings. The minimum atomic E-state index is -5.10. The number of hydrogen-bond donors (Lipinski definition) is 2. The molecule has 1 aromatic heterocycles. The van der Waals surface area contributed by atoms with Gasteiger partial charge in [-0.1, -0.05) is 11.6 Å². The second-order valence-corrected chi connectivity index (χ2v) is 7.33. The molecule has 6 nitrogen and oxygen atoms in total. The lowest BCUT2D eigenvalue weighted by atomic mass is 10.0. The maximum absolute atomic E-state index is 13.2. The number of guanidine groups is 1. The summed E-state index contributed by atoms with van der Waals surface area (Å²) >= 11 is 5.86. The summed E-state index contributed by atoms with van der Waals surface area (Å²) < 4.78 is 118. The molecule has 0 aliphatic rings. The Kier molecular flexibility index (Phi) is 7.82. The zero-order valence-corrected chi connectivity index (χ0v) is 17.8. The van der Waals surface area contributed by atoms with E-state index in [1.807, 2.05) is 0 Å². The predicted molar refractivity (Wildman–Crippen MR) is 104 cm³/mol. The Morgan fingerprint density at radius 1 is 0.882 bits per heavy atom. The van der Waals surface area contributed by atoms with Gasteiger partial charge in [-0.15, -0.1) is 5.10 Å². The van der Waals surface area contributed by atoms with Gasteiger partial charge in [0.05, 0.1) is 16.7 Å². The molecule has 0 saturated heterocycles. The third kappa shape index (κ3) is 7.28. The highest BCUT2D eigenvalue weighted by atomic mass is 35.5. The average Bonchev–Trinajstić information content (AvgIpc) is 2.66. The van der Waals surface area contributed by atoms with Crippen LogP contribution in [0.25, 0.3) is 0 Å². The maximum Gasteiger partial charge on any atom is 0.417 e. The van der Waals surface area contributed by atoms with Gasteiger partial charge in [0, 0.05) is 31.9 Å². The lowest BCUT2D eigenvalue weighted by Crippen LogP contribution is -2.39. The fraction of sp³-hybridized carbons (Fsp3) is 0.333. The Labute approximate surface area is 191 Å². The molecule has 34 heavy (non-hydrogen) atoms. The van der Waals surface area contributed by atoms with E-state index in [1.165, 1.54) is 7.05 Å². The summed E-state index contributed by atoms with van der Waals surface area (Å²) in [4.78, 5) is 4.32. The van der Waals surface area contributed by atoms with Crippen molar-refractivity contribution in [1.29, 1.82) is 0 Å². The first kappa shape index (κ1) is 27.3. The monoisotopic (exact) mass is 522 g/mol. The molecule has 1 aromatic carbocycles. The quantitative estimate of drug-likeness (QED) is 0.147. The summed E-state index contributed by atoms with van der Waals surface area (Å²) in [5, 5.41) is 3.90. The van der Waals surface area contributed by atoms with E-state index in [0.29, 0.717) is 29.5 Å². The van der Waals surface area contributed by atoms with Gasteiger partial charge < -0.3 is 10.6 Å². The molecule has 0 radical (unpaired) electrons. The van der Waals surface area contributed by atoms with Crippen molar-refractivity contribution in [2.45, 2.75) is 31.6 Å². The van der Waals surface area contributed by atoms with Crippen molar-refractivity contribution in [3.63, 3.8) is 0 Å². The van der Waals surface area contributed by atoms with Gasteiger partial charge in [0.25, 0.3) is 0 Å². The lowest BCUT2D eigenvalue weighted by molar-refractivity contribution is -0.143. The van der Waals surface area contributed by atoms with E-state index in [9.17, 15) is 39.5 Å². The molecule has 0 aliphatic carbocycles. The summed E-state index contributed by atoms with van der Waals surface area (Å²) in [7, 11) is 1.20. The summed E-state index contributed by atoms with van der Waals surface area (Å²) in [6.07, 6.45) is -14.5. The number of benzene rings is 1. The molecule has 0 saturated carbocycles. The van der Waals surface area contributed by atoms with E-state index in [-0.39, 0.29) is 11.6 Å². The minimum Gasteiger partial charge on any atom is -0.368 e. The number of nitrogens with two attached hydrogens (primary N) is 2. The van der Waals surface area contributed by atoms with Gasteiger partial charge in [-0.2, -0.15) is 39.5 Å². The van der Waals surface area contributed by atoms with Crippen LogP contribution in [0.2, 0.25) is 5.15 Å². The number of hydrogen-bond acceptors (Lipinski definition) is 4. The van der Waals surface area contributed by atoms with E-state index in [2.05, 4.69) is 10.1 Å². The molecule has 1 heterocycles. The molecule has 0 unspecified atom stereocenters. The van der Waals surface area contributed by atoms with E-state index in [4.69, 9.17) is 23.2 Å². The molecule has 0 spiro atoms. The number of hydrazone groups is 1. The normalized spacial score (nSPS) is 13.2. The van der Waals surface area contributed by atoms with Gasteiger partial charge >= 0.3 is 18.5 Å². The number of halogens is 10. The zero-order valence-electron chi connectivity index (χ0n) is 17.0. The van der Waals surface area contributed by atoms with Gasteiger partial charge in [-0.05, 0) is 29.8 Å². The van der Waals surface area contributed by atoms with Crippen LogP contribution in [0.4, 0.5) is 39.5 Å². The smallest absolute Gasteiger partial charge is 0.368 e. The Balaban J connectivity index is 2.56. The van der Waals surface area contributed by atoms with Crippen LogP contribution in [0, 0.1) is 0 Å². The second kappa shape index (κ2) is 9.74. The molecular weight excluding hydrogens is 507 g/mol. The third-order valence-electron chi connectivity index (χ3n) is 4.21. The molecule has 0 bridgehead atoms. The summed E-state index contributed by atoms with van der Waals surface area (Å²) in [6.45, 7) is -1.32. The summed E-state index contributed by atoms with van der Waals surface area (Å²) in [6, 6.07) is 1.46. The molecule has 4 N–H and O–H groups in total. The number of alkyl halides is 9. The van der Waals surface area contributed by atoms with E-state index < -0.39 is 65.0 Å². The third-order valence-corrected chi connectivity index (χ3v) is 4.55. The second-order valence-electron chi connectivity index (χ2n) is 6.97. The van der Waals surface area contributed by atoms with Crippen molar-refractivity contribution in [2.75, 3.05) is 7.05 Å². The number of nitrogens with zero attached hydrogens (tertiary/aromatic N) is 4. The molecule has 0 aliphatic heterocycles. The fourth-order valence-corrected chi connectivity index (χ4v) is 2.90. The predicted octanol–water partition coefficient (Wildman–Crippen LogP) is 4.83. The number of rotatable bonds is 5. The van der Waals surface area contributed by atoms with Crippen LogP contribution in [0.15, 0.2) is 35.6 Å². The molecule has 16 heteroatoms. The summed E-state index contributed by atoms with van der Waals surface area (Å²) in [5.41, 5.74) is 0.645.